The minimum Gasteiger partial charge on any atom is -0.406 e. The number of anilines is 1. The smallest absolute Gasteiger partial charge is 0.406 e. The van der Waals surface area contributed by atoms with E-state index in [1.54, 1.807) is 6.07 Å². The van der Waals surface area contributed by atoms with Crippen LogP contribution in [-0.4, -0.2) is 44.0 Å². The molecule has 3 rings (SSSR count). The monoisotopic (exact) mass is 429 g/mol. The quantitative estimate of drug-likeness (QED) is 0.753. The van der Waals surface area contributed by atoms with Gasteiger partial charge in [-0.25, -0.2) is 0 Å². The van der Waals surface area contributed by atoms with Crippen molar-refractivity contribution < 1.29 is 22.7 Å². The second-order valence-electron chi connectivity index (χ2n) is 6.54. The number of rotatable bonds is 5. The minimum atomic E-state index is -4.70. The van der Waals surface area contributed by atoms with Crippen LogP contribution >= 0.6 is 24.8 Å². The second kappa shape index (κ2) is 10.2. The maximum atomic E-state index is 12.3. The summed E-state index contributed by atoms with van der Waals surface area (Å²) in [5.41, 5.74) is 0.663. The molecule has 2 N–H and O–H groups in total. The van der Waals surface area contributed by atoms with Crippen molar-refractivity contribution in [3.63, 3.8) is 0 Å². The SMILES string of the molecule is Cl.Cl.O=C(CC1CCCN1)NC1CCN(c2cccc(OC(F)(F)F)c2)C1. The molecule has 2 saturated heterocycles. The number of hydrogen-bond donors (Lipinski definition) is 2. The fourth-order valence-corrected chi connectivity index (χ4v) is 3.43. The van der Waals surface area contributed by atoms with Gasteiger partial charge in [0.1, 0.15) is 5.75 Å². The molecule has 0 saturated carbocycles. The molecule has 2 aliphatic rings. The van der Waals surface area contributed by atoms with Gasteiger partial charge in [0.05, 0.1) is 0 Å². The number of carbonyl (C=O) groups excluding carboxylic acids is 1. The molecule has 1 aromatic carbocycles. The number of hydrogen-bond acceptors (Lipinski definition) is 4. The number of alkyl halides is 3. The van der Waals surface area contributed by atoms with Crippen LogP contribution in [0.25, 0.3) is 0 Å². The van der Waals surface area contributed by atoms with E-state index in [-0.39, 0.29) is 48.6 Å². The Morgan fingerprint density at radius 2 is 2.07 bits per heavy atom. The lowest BCUT2D eigenvalue weighted by molar-refractivity contribution is -0.274. The molecule has 10 heteroatoms. The molecular weight excluding hydrogens is 406 g/mol. The van der Waals surface area contributed by atoms with E-state index < -0.39 is 6.36 Å². The number of ether oxygens (including phenoxy) is 1. The van der Waals surface area contributed by atoms with Gasteiger partial charge < -0.3 is 20.3 Å². The normalized spacial score (nSPS) is 22.0. The molecule has 5 nitrogen and oxygen atoms in total. The first kappa shape index (κ1) is 23.7. The third kappa shape index (κ3) is 7.27. The van der Waals surface area contributed by atoms with Crippen LogP contribution < -0.4 is 20.3 Å². The van der Waals surface area contributed by atoms with Crippen molar-refractivity contribution in [3.05, 3.63) is 24.3 Å². The number of nitrogens with one attached hydrogen (secondary N) is 2. The Labute approximate surface area is 168 Å². The van der Waals surface area contributed by atoms with Gasteiger partial charge >= 0.3 is 6.36 Å². The number of benzene rings is 1. The molecule has 2 fully saturated rings. The van der Waals surface area contributed by atoms with Crippen LogP contribution in [0.3, 0.4) is 0 Å². The summed E-state index contributed by atoms with van der Waals surface area (Å²) in [7, 11) is 0. The molecule has 1 amide bonds. The van der Waals surface area contributed by atoms with Crippen molar-refractivity contribution in [3.8, 4) is 5.75 Å². The van der Waals surface area contributed by atoms with E-state index >= 15 is 0 Å². The molecule has 0 aromatic heterocycles. The van der Waals surface area contributed by atoms with Crippen molar-refractivity contribution >= 4 is 36.4 Å². The molecular formula is C17H24Cl2F3N3O2. The molecule has 154 valence electrons. The van der Waals surface area contributed by atoms with Gasteiger partial charge in [-0.2, -0.15) is 0 Å². The fraction of sp³-hybridized carbons (Fsp3) is 0.588. The Hall–Kier alpha value is -1.38. The predicted octanol–water partition coefficient (Wildman–Crippen LogP) is 3.27. The largest absolute Gasteiger partial charge is 0.573 e. The third-order valence-electron chi connectivity index (χ3n) is 4.56. The van der Waals surface area contributed by atoms with Crippen LogP contribution in [-0.2, 0) is 4.79 Å². The van der Waals surface area contributed by atoms with Gasteiger partial charge in [0, 0.05) is 43.3 Å². The Morgan fingerprint density at radius 3 is 2.74 bits per heavy atom. The van der Waals surface area contributed by atoms with E-state index in [0.717, 1.165) is 25.8 Å². The molecule has 2 unspecified atom stereocenters. The summed E-state index contributed by atoms with van der Waals surface area (Å²) in [6, 6.07) is 6.21. The van der Waals surface area contributed by atoms with Gasteiger partial charge in [0.15, 0.2) is 0 Å². The first-order valence-corrected chi connectivity index (χ1v) is 8.52. The Morgan fingerprint density at radius 1 is 1.30 bits per heavy atom. The summed E-state index contributed by atoms with van der Waals surface area (Å²) in [5, 5.41) is 6.32. The van der Waals surface area contributed by atoms with Crippen LogP contribution in [0, 0.1) is 0 Å². The summed E-state index contributed by atoms with van der Waals surface area (Å²) in [6.45, 7) is 2.23. The summed E-state index contributed by atoms with van der Waals surface area (Å²) >= 11 is 0. The zero-order valence-electron chi connectivity index (χ0n) is 14.6. The Balaban J connectivity index is 0.00000182. The Bertz CT molecular complexity index is 613. The molecule has 1 aromatic rings. The van der Waals surface area contributed by atoms with Gasteiger partial charge in [-0.1, -0.05) is 6.07 Å². The maximum absolute atomic E-state index is 12.3. The highest BCUT2D eigenvalue weighted by Gasteiger charge is 2.31. The average molecular weight is 430 g/mol. The van der Waals surface area contributed by atoms with Crippen molar-refractivity contribution in [1.29, 1.82) is 0 Å². The number of halogens is 5. The van der Waals surface area contributed by atoms with E-state index in [1.165, 1.54) is 18.2 Å². The van der Waals surface area contributed by atoms with Crippen LogP contribution in [0.15, 0.2) is 24.3 Å². The first-order chi connectivity index (χ1) is 11.9. The summed E-state index contributed by atoms with van der Waals surface area (Å²) in [4.78, 5) is 14.1. The zero-order valence-corrected chi connectivity index (χ0v) is 16.3. The summed E-state index contributed by atoms with van der Waals surface area (Å²) in [5.74, 6) is -0.204. The van der Waals surface area contributed by atoms with E-state index in [2.05, 4.69) is 15.4 Å². The lowest BCUT2D eigenvalue weighted by atomic mass is 10.1. The molecule has 0 spiro atoms. The highest BCUT2D eigenvalue weighted by molar-refractivity contribution is 5.85. The zero-order chi connectivity index (χ0) is 17.9. The highest BCUT2D eigenvalue weighted by atomic mass is 35.5. The van der Waals surface area contributed by atoms with Crippen LogP contribution in [0.2, 0.25) is 0 Å². The minimum absolute atomic E-state index is 0. The van der Waals surface area contributed by atoms with Gasteiger partial charge in [0.2, 0.25) is 5.91 Å². The molecule has 0 radical (unpaired) electrons. The van der Waals surface area contributed by atoms with Gasteiger partial charge in [0.25, 0.3) is 0 Å². The van der Waals surface area contributed by atoms with Crippen LogP contribution in [0.1, 0.15) is 25.7 Å². The van der Waals surface area contributed by atoms with Crippen molar-refractivity contribution in [2.24, 2.45) is 0 Å². The molecule has 2 aliphatic heterocycles. The number of carbonyl (C=O) groups is 1. The van der Waals surface area contributed by atoms with Gasteiger partial charge in [-0.3, -0.25) is 4.79 Å². The van der Waals surface area contributed by atoms with E-state index in [9.17, 15) is 18.0 Å². The lowest BCUT2D eigenvalue weighted by Crippen LogP contribution is -2.39. The predicted molar refractivity (Wildman–Crippen MR) is 102 cm³/mol. The van der Waals surface area contributed by atoms with E-state index in [1.807, 2.05) is 4.90 Å². The molecule has 27 heavy (non-hydrogen) atoms. The van der Waals surface area contributed by atoms with E-state index in [4.69, 9.17) is 0 Å². The summed E-state index contributed by atoms with van der Waals surface area (Å²) in [6.07, 6.45) is -1.32. The number of amides is 1. The topological polar surface area (TPSA) is 53.6 Å². The van der Waals surface area contributed by atoms with Gasteiger partial charge in [-0.05, 0) is 37.9 Å². The fourth-order valence-electron chi connectivity index (χ4n) is 3.43. The van der Waals surface area contributed by atoms with Crippen LogP contribution in [0.4, 0.5) is 18.9 Å². The molecule has 2 atom stereocenters. The van der Waals surface area contributed by atoms with Crippen molar-refractivity contribution in [2.45, 2.75) is 44.1 Å². The number of nitrogens with zero attached hydrogens (tertiary/aromatic N) is 1. The average Bonchev–Trinajstić information content (AvgIpc) is 3.17. The maximum Gasteiger partial charge on any atom is 0.573 e. The van der Waals surface area contributed by atoms with Gasteiger partial charge in [-0.15, -0.1) is 38.0 Å². The third-order valence-corrected chi connectivity index (χ3v) is 4.56. The second-order valence-corrected chi connectivity index (χ2v) is 6.54. The van der Waals surface area contributed by atoms with Crippen molar-refractivity contribution in [2.75, 3.05) is 24.5 Å². The molecule has 0 bridgehead atoms. The lowest BCUT2D eigenvalue weighted by Gasteiger charge is -2.20. The van der Waals surface area contributed by atoms with Crippen molar-refractivity contribution in [1.82, 2.24) is 10.6 Å². The molecule has 0 aliphatic carbocycles. The first-order valence-electron chi connectivity index (χ1n) is 8.52. The molecule has 2 heterocycles. The van der Waals surface area contributed by atoms with E-state index in [0.29, 0.717) is 25.2 Å². The summed E-state index contributed by atoms with van der Waals surface area (Å²) < 4.78 is 41.0. The standard InChI is InChI=1S/C17H22F3N3O2.2ClH/c18-17(19,20)25-15-5-1-4-14(10-15)23-8-6-13(11-23)22-16(24)9-12-3-2-7-21-12;;/h1,4-5,10,12-13,21H,2-3,6-9,11H2,(H,22,24);2*1H. The Kier molecular flexibility index (Phi) is 8.98. The van der Waals surface area contributed by atoms with Crippen LogP contribution in [0.5, 0.6) is 5.75 Å². The highest BCUT2D eigenvalue weighted by Crippen LogP contribution is 2.28.